The zero-order chi connectivity index (χ0) is 4.83. The third-order valence-electron chi connectivity index (χ3n) is 0.308. The number of halogens is 1. The van der Waals surface area contributed by atoms with Crippen LogP contribution in [0.15, 0.2) is 16.6 Å². The van der Waals surface area contributed by atoms with Crippen LogP contribution in [0.5, 0.6) is 0 Å². The van der Waals surface area contributed by atoms with Crippen LogP contribution in [0.3, 0.4) is 0 Å². The van der Waals surface area contributed by atoms with E-state index < -0.39 is 0 Å². The normalized spacial score (nSPS) is 11.7. The summed E-state index contributed by atoms with van der Waals surface area (Å²) in [4.78, 5) is 3.63. The summed E-state index contributed by atoms with van der Waals surface area (Å²) >= 11 is 5.11. The van der Waals surface area contributed by atoms with Crippen molar-refractivity contribution in [2.45, 2.75) is 0 Å². The van der Waals surface area contributed by atoms with E-state index in [1.165, 1.54) is 5.54 Å². The maximum Gasteiger partial charge on any atom is 0.0277 e. The van der Waals surface area contributed by atoms with Crippen molar-refractivity contribution >= 4 is 17.8 Å². The minimum Gasteiger partial charge on any atom is -0.296 e. The summed E-state index contributed by atoms with van der Waals surface area (Å²) in [7, 11) is 1.69. The molecule has 0 N–H and O–H groups in total. The molecule has 0 saturated heterocycles. The summed E-state index contributed by atoms with van der Waals surface area (Å²) in [5.74, 6) is 0. The molecule has 0 aromatic heterocycles. The standard InChI is InChI=1S/C4H6ClN/c1-6-4-2-3-5/h2-4H,1H3. The first-order chi connectivity index (χ1) is 2.91. The highest BCUT2D eigenvalue weighted by Gasteiger charge is 1.51. The van der Waals surface area contributed by atoms with Gasteiger partial charge in [-0.3, -0.25) is 4.99 Å². The summed E-state index contributed by atoms with van der Waals surface area (Å²) in [6.07, 6.45) is 3.27. The Morgan fingerprint density at radius 3 is 2.50 bits per heavy atom. The second-order valence-electron chi connectivity index (χ2n) is 0.726. The molecular formula is C4H6ClN. The molecule has 0 rings (SSSR count). The maximum absolute atomic E-state index is 5.11. The highest BCUT2D eigenvalue weighted by Crippen LogP contribution is 1.71. The molecule has 0 atom stereocenters. The number of allylic oxidation sites excluding steroid dienone is 1. The van der Waals surface area contributed by atoms with Gasteiger partial charge in [0.25, 0.3) is 0 Å². The van der Waals surface area contributed by atoms with Crippen molar-refractivity contribution in [3.05, 3.63) is 11.6 Å². The van der Waals surface area contributed by atoms with Gasteiger partial charge in [0.15, 0.2) is 0 Å². The van der Waals surface area contributed by atoms with E-state index in [0.717, 1.165) is 0 Å². The van der Waals surface area contributed by atoms with Crippen LogP contribution in [0.25, 0.3) is 0 Å². The molecule has 0 aromatic carbocycles. The molecule has 2 heteroatoms. The van der Waals surface area contributed by atoms with Gasteiger partial charge in [-0.1, -0.05) is 11.6 Å². The lowest BCUT2D eigenvalue weighted by atomic mass is 10.7. The molecule has 0 amide bonds. The fourth-order valence-corrected chi connectivity index (χ4v) is 0.184. The van der Waals surface area contributed by atoms with Gasteiger partial charge in [-0.25, -0.2) is 0 Å². The highest BCUT2D eigenvalue weighted by atomic mass is 35.5. The van der Waals surface area contributed by atoms with Gasteiger partial charge in [0, 0.05) is 18.8 Å². The number of rotatable bonds is 1. The van der Waals surface area contributed by atoms with Gasteiger partial charge in [-0.2, -0.15) is 0 Å². The zero-order valence-corrected chi connectivity index (χ0v) is 4.31. The van der Waals surface area contributed by atoms with E-state index in [-0.39, 0.29) is 0 Å². The molecule has 0 bridgehead atoms. The molecule has 1 nitrogen and oxygen atoms in total. The minimum atomic E-state index is 1.41. The van der Waals surface area contributed by atoms with E-state index in [1.807, 2.05) is 0 Å². The Morgan fingerprint density at radius 1 is 1.67 bits per heavy atom. The van der Waals surface area contributed by atoms with Crippen molar-refractivity contribution in [1.29, 1.82) is 0 Å². The van der Waals surface area contributed by atoms with Crippen LogP contribution >= 0.6 is 11.6 Å². The lowest BCUT2D eigenvalue weighted by molar-refractivity contribution is 1.48. The third-order valence-corrected chi connectivity index (χ3v) is 0.453. The van der Waals surface area contributed by atoms with Crippen LogP contribution in [0.4, 0.5) is 0 Å². The lowest BCUT2D eigenvalue weighted by Crippen LogP contribution is -1.55. The first-order valence-corrected chi connectivity index (χ1v) is 2.03. The summed E-state index contributed by atoms with van der Waals surface area (Å²) < 4.78 is 0. The van der Waals surface area contributed by atoms with Crippen LogP contribution in [-0.2, 0) is 0 Å². The molecule has 0 fully saturated rings. The topological polar surface area (TPSA) is 12.4 Å². The second-order valence-corrected chi connectivity index (χ2v) is 0.978. The largest absolute Gasteiger partial charge is 0.296 e. The van der Waals surface area contributed by atoms with Gasteiger partial charge >= 0.3 is 0 Å². The molecule has 0 spiro atoms. The molecule has 0 aliphatic carbocycles. The predicted molar refractivity (Wildman–Crippen MR) is 29.4 cm³/mol. The first-order valence-electron chi connectivity index (χ1n) is 1.59. The third kappa shape index (κ3) is 3.70. The Balaban J connectivity index is 3.07. The number of hydrogen-bond acceptors (Lipinski definition) is 1. The molecule has 0 heterocycles. The van der Waals surface area contributed by atoms with Crippen molar-refractivity contribution in [3.63, 3.8) is 0 Å². The Bertz CT molecular complexity index is 55.9. The Hall–Kier alpha value is -0.300. The fourth-order valence-electron chi connectivity index (χ4n) is 0.119. The van der Waals surface area contributed by atoms with E-state index >= 15 is 0 Å². The van der Waals surface area contributed by atoms with Crippen molar-refractivity contribution < 1.29 is 0 Å². The van der Waals surface area contributed by atoms with E-state index in [1.54, 1.807) is 19.3 Å². The monoisotopic (exact) mass is 103 g/mol. The van der Waals surface area contributed by atoms with Gasteiger partial charge in [-0.15, -0.1) is 0 Å². The summed E-state index contributed by atoms with van der Waals surface area (Å²) in [5.41, 5.74) is 1.41. The average Bonchev–Trinajstić information content (AvgIpc) is 1.61. The van der Waals surface area contributed by atoms with E-state index in [2.05, 4.69) is 4.99 Å². The van der Waals surface area contributed by atoms with Crippen LogP contribution < -0.4 is 0 Å². The van der Waals surface area contributed by atoms with Crippen molar-refractivity contribution in [1.82, 2.24) is 0 Å². The van der Waals surface area contributed by atoms with E-state index in [4.69, 9.17) is 11.6 Å². The fraction of sp³-hybridized carbons (Fsp3) is 0.250. The molecule has 0 unspecified atom stereocenters. The van der Waals surface area contributed by atoms with Crippen LogP contribution in [0.1, 0.15) is 0 Å². The molecule has 0 radical (unpaired) electrons. The van der Waals surface area contributed by atoms with Crippen LogP contribution in [0, 0.1) is 0 Å². The Kier molecular flexibility index (Phi) is 4.47. The Labute approximate surface area is 42.3 Å². The van der Waals surface area contributed by atoms with Crippen molar-refractivity contribution in [2.24, 2.45) is 4.99 Å². The summed E-state index contributed by atoms with van der Waals surface area (Å²) in [6.45, 7) is 0. The van der Waals surface area contributed by atoms with Gasteiger partial charge in [0.05, 0.1) is 0 Å². The number of hydrogen-bond donors (Lipinski definition) is 0. The predicted octanol–water partition coefficient (Wildman–Crippen LogP) is 1.44. The van der Waals surface area contributed by atoms with Gasteiger partial charge < -0.3 is 0 Å². The molecule has 0 aromatic rings. The van der Waals surface area contributed by atoms with Gasteiger partial charge in [0.2, 0.25) is 0 Å². The molecule has 6 heavy (non-hydrogen) atoms. The molecule has 0 aliphatic heterocycles. The van der Waals surface area contributed by atoms with Crippen molar-refractivity contribution in [2.75, 3.05) is 7.05 Å². The SMILES string of the molecule is CN=CC=CCl. The number of nitrogens with zero attached hydrogens (tertiary/aromatic N) is 1. The van der Waals surface area contributed by atoms with Crippen LogP contribution in [-0.4, -0.2) is 13.3 Å². The lowest BCUT2D eigenvalue weighted by Gasteiger charge is -1.62. The quantitative estimate of drug-likeness (QED) is 0.446. The molecule has 34 valence electrons. The Morgan fingerprint density at radius 2 is 2.33 bits per heavy atom. The zero-order valence-electron chi connectivity index (χ0n) is 3.56. The number of aliphatic imine (C=N–C) groups is 1. The van der Waals surface area contributed by atoms with Crippen molar-refractivity contribution in [3.8, 4) is 0 Å². The maximum atomic E-state index is 5.11. The summed E-state index contributed by atoms with van der Waals surface area (Å²) in [5, 5.41) is 0. The molecule has 0 saturated carbocycles. The molecule has 0 aliphatic rings. The second kappa shape index (κ2) is 4.70. The van der Waals surface area contributed by atoms with Crippen LogP contribution in [0.2, 0.25) is 0 Å². The summed E-state index contributed by atoms with van der Waals surface area (Å²) in [6, 6.07) is 0. The van der Waals surface area contributed by atoms with Gasteiger partial charge in [-0.05, 0) is 6.08 Å². The van der Waals surface area contributed by atoms with Gasteiger partial charge in [0.1, 0.15) is 0 Å². The highest BCUT2D eigenvalue weighted by molar-refractivity contribution is 6.26. The molecular weight excluding hydrogens is 97.5 g/mol. The van der Waals surface area contributed by atoms with E-state index in [9.17, 15) is 0 Å². The first kappa shape index (κ1) is 5.70. The van der Waals surface area contributed by atoms with E-state index in [0.29, 0.717) is 0 Å². The average molecular weight is 104 g/mol. The smallest absolute Gasteiger partial charge is 0.0277 e. The minimum absolute atomic E-state index is 1.41.